The minimum atomic E-state index is -3.96. The minimum absolute atomic E-state index is 0.444. The smallest absolute Gasteiger partial charge is 0.492 e. The number of rotatable bonds is 15. The third-order valence-corrected chi connectivity index (χ3v) is 10.2. The summed E-state index contributed by atoms with van der Waals surface area (Å²) in [7, 11) is 0.128. The second-order valence-electron chi connectivity index (χ2n) is 13.4. The Bertz CT molecular complexity index is 1470. The molecule has 2 aliphatic rings. The zero-order valence-corrected chi connectivity index (χ0v) is 30.4. The molecule has 0 radical (unpaired) electrons. The molecule has 0 saturated carbocycles. The Morgan fingerprint density at radius 3 is 1.65 bits per heavy atom. The molecule has 0 N–H and O–H groups in total. The second-order valence-corrected chi connectivity index (χ2v) is 14.8. The lowest BCUT2D eigenvalue weighted by Crippen LogP contribution is -2.34. The van der Waals surface area contributed by atoms with Gasteiger partial charge in [-0.15, -0.1) is 0 Å². The van der Waals surface area contributed by atoms with Crippen molar-refractivity contribution in [3.05, 3.63) is 95.1 Å². The Labute approximate surface area is 288 Å². The fourth-order valence-corrected chi connectivity index (χ4v) is 7.58. The van der Waals surface area contributed by atoms with Gasteiger partial charge in [0.25, 0.3) is 0 Å². The van der Waals surface area contributed by atoms with Crippen LogP contribution in [0, 0.1) is 0 Å². The van der Waals surface area contributed by atoms with Gasteiger partial charge in [0, 0.05) is 32.7 Å². The van der Waals surface area contributed by atoms with E-state index in [4.69, 9.17) is 18.5 Å². The molecule has 2 heterocycles. The van der Waals surface area contributed by atoms with E-state index in [2.05, 4.69) is 62.1 Å². The first-order valence-corrected chi connectivity index (χ1v) is 19.2. The summed E-state index contributed by atoms with van der Waals surface area (Å²) < 4.78 is 38.3. The van der Waals surface area contributed by atoms with Crippen LogP contribution in [0.1, 0.15) is 93.9 Å². The van der Waals surface area contributed by atoms with Crippen molar-refractivity contribution in [1.29, 1.82) is 0 Å². The number of phosphoric acid groups is 1. The first-order valence-electron chi connectivity index (χ1n) is 17.7. The molecule has 260 valence electrons. The highest BCUT2D eigenvalue weighted by molar-refractivity contribution is 7.48. The quantitative estimate of drug-likeness (QED) is 0.117. The van der Waals surface area contributed by atoms with Crippen molar-refractivity contribution in [2.24, 2.45) is 0 Å². The number of hydrogen-bond acceptors (Lipinski definition) is 8. The molecule has 0 aromatic heterocycles. The predicted molar refractivity (Wildman–Crippen MR) is 195 cm³/mol. The average molecular weight is 676 g/mol. The van der Waals surface area contributed by atoms with E-state index in [1.807, 2.05) is 50.5 Å². The van der Waals surface area contributed by atoms with E-state index in [9.17, 15) is 4.57 Å². The van der Waals surface area contributed by atoms with Gasteiger partial charge in [0.2, 0.25) is 0 Å². The van der Waals surface area contributed by atoms with Gasteiger partial charge in [-0.25, -0.2) is 4.57 Å². The lowest BCUT2D eigenvalue weighted by molar-refractivity contribution is -0.148. The molecule has 9 heteroatoms. The molecule has 0 atom stereocenters. The van der Waals surface area contributed by atoms with Crippen LogP contribution in [-0.2, 0) is 13.8 Å². The molecule has 0 spiro atoms. The third kappa shape index (κ3) is 10.3. The van der Waals surface area contributed by atoms with Crippen LogP contribution in [0.5, 0.6) is 11.5 Å². The van der Waals surface area contributed by atoms with E-state index in [0.717, 1.165) is 73.9 Å². The van der Waals surface area contributed by atoms with Crippen LogP contribution in [0.3, 0.4) is 0 Å². The highest BCUT2D eigenvalue weighted by atomic mass is 31.2. The van der Waals surface area contributed by atoms with Gasteiger partial charge < -0.3 is 14.2 Å². The van der Waals surface area contributed by atoms with E-state index < -0.39 is 7.82 Å². The van der Waals surface area contributed by atoms with E-state index in [1.54, 1.807) is 10.1 Å². The third-order valence-electron chi connectivity index (χ3n) is 8.95. The maximum Gasteiger partial charge on any atom is 0.564 e. The fraction of sp³-hybridized carbons (Fsp3) is 0.487. The minimum Gasteiger partial charge on any atom is -0.492 e. The van der Waals surface area contributed by atoms with Gasteiger partial charge in [-0.2, -0.15) is 19.4 Å². The van der Waals surface area contributed by atoms with Crippen molar-refractivity contribution < 1.29 is 23.1 Å². The first kappa shape index (κ1) is 36.3. The van der Waals surface area contributed by atoms with Gasteiger partial charge in [0.1, 0.15) is 18.1 Å². The molecule has 2 saturated heterocycles. The summed E-state index contributed by atoms with van der Waals surface area (Å²) in [6.45, 7) is 11.0. The van der Waals surface area contributed by atoms with Crippen molar-refractivity contribution in [2.75, 3.05) is 53.4 Å². The Hall–Kier alpha value is -2.97. The van der Waals surface area contributed by atoms with Gasteiger partial charge >= 0.3 is 7.82 Å². The van der Waals surface area contributed by atoms with Crippen molar-refractivity contribution in [3.63, 3.8) is 0 Å². The number of allylic oxidation sites excluding steroid dienone is 1. The molecule has 0 unspecified atom stereocenters. The second kappa shape index (κ2) is 17.6. The maximum absolute atomic E-state index is 14.1. The van der Waals surface area contributed by atoms with Crippen LogP contribution in [0.2, 0.25) is 0 Å². The van der Waals surface area contributed by atoms with Crippen LogP contribution >= 0.6 is 7.82 Å². The van der Waals surface area contributed by atoms with Gasteiger partial charge in [-0.05, 0) is 110 Å². The molecule has 2 aliphatic heterocycles. The van der Waals surface area contributed by atoms with Gasteiger partial charge in [-0.1, -0.05) is 82.1 Å². The zero-order valence-electron chi connectivity index (χ0n) is 29.5. The lowest BCUT2D eigenvalue weighted by atomic mass is 9.87. The largest absolute Gasteiger partial charge is 0.564 e. The van der Waals surface area contributed by atoms with Crippen LogP contribution < -0.4 is 9.26 Å². The fourth-order valence-electron chi connectivity index (χ4n) is 6.21. The number of benzene rings is 3. The van der Waals surface area contributed by atoms with Gasteiger partial charge in [-0.3, -0.25) is 0 Å². The SMILES string of the molecule is CC/C(=C(/c1ccc(OCCN(C)C)cc1)c1ccc(OP(=O)(ON2CCCCC2)ON2CCCCC2)cc1)c1ccc(C(C)C)cc1. The van der Waals surface area contributed by atoms with Crippen LogP contribution in [0.15, 0.2) is 72.8 Å². The molecule has 48 heavy (non-hydrogen) atoms. The van der Waals surface area contributed by atoms with E-state index >= 15 is 0 Å². The van der Waals surface area contributed by atoms with Crippen molar-refractivity contribution in [2.45, 2.75) is 71.6 Å². The maximum atomic E-state index is 14.1. The van der Waals surface area contributed by atoms with Crippen molar-refractivity contribution in [1.82, 2.24) is 15.0 Å². The summed E-state index contributed by atoms with van der Waals surface area (Å²) in [6.07, 6.45) is 7.12. The van der Waals surface area contributed by atoms with Crippen LogP contribution in [-0.4, -0.2) is 68.5 Å². The normalized spacial score (nSPS) is 17.1. The molecule has 0 aliphatic carbocycles. The number of hydroxylamine groups is 4. The zero-order chi connectivity index (χ0) is 33.9. The summed E-state index contributed by atoms with van der Waals surface area (Å²) in [4.78, 5) is 2.11. The Morgan fingerprint density at radius 2 is 1.19 bits per heavy atom. The standard InChI is InChI=1S/C39H54N3O5P/c1-6-38(33-15-13-32(14-16-33)31(2)3)39(34-17-21-36(22-18-34)44-30-29-40(4)5)35-19-23-37(24-20-35)45-48(43,46-41-25-9-7-10-26-41)47-42-27-11-8-12-28-42/h13-24,31H,6-12,25-30H2,1-5H3/b39-38+. The number of hydrogen-bond donors (Lipinski definition) is 0. The molecule has 3 aromatic carbocycles. The molecular formula is C39H54N3O5P. The molecule has 8 nitrogen and oxygen atoms in total. The summed E-state index contributed by atoms with van der Waals surface area (Å²) in [6, 6.07) is 25.1. The Balaban J connectivity index is 1.45. The molecule has 2 fully saturated rings. The summed E-state index contributed by atoms with van der Waals surface area (Å²) >= 11 is 0. The lowest BCUT2D eigenvalue weighted by Gasteiger charge is -2.32. The number of likely N-dealkylation sites (N-methyl/N-ethyl adjacent to an activating group) is 1. The monoisotopic (exact) mass is 675 g/mol. The van der Waals surface area contributed by atoms with E-state index in [-0.39, 0.29) is 0 Å². The van der Waals surface area contributed by atoms with Gasteiger partial charge in [0.05, 0.1) is 0 Å². The molecule has 0 amide bonds. The highest BCUT2D eigenvalue weighted by Gasteiger charge is 2.37. The first-order chi connectivity index (χ1) is 23.2. The van der Waals surface area contributed by atoms with E-state index in [0.29, 0.717) is 44.5 Å². The molecular weight excluding hydrogens is 621 g/mol. The average Bonchev–Trinajstić information content (AvgIpc) is 3.09. The highest BCUT2D eigenvalue weighted by Crippen LogP contribution is 2.52. The molecule has 3 aromatic rings. The summed E-state index contributed by atoms with van der Waals surface area (Å²) in [5.74, 6) is 1.76. The van der Waals surface area contributed by atoms with Crippen LogP contribution in [0.25, 0.3) is 11.1 Å². The van der Waals surface area contributed by atoms with Crippen LogP contribution in [0.4, 0.5) is 0 Å². The van der Waals surface area contributed by atoms with Gasteiger partial charge in [0.15, 0.2) is 0 Å². The number of piperidine rings is 2. The Kier molecular flexibility index (Phi) is 13.3. The van der Waals surface area contributed by atoms with E-state index in [1.165, 1.54) is 16.7 Å². The Morgan fingerprint density at radius 1 is 0.708 bits per heavy atom. The summed E-state index contributed by atoms with van der Waals surface area (Å²) in [5, 5.41) is 3.49. The predicted octanol–water partition coefficient (Wildman–Crippen LogP) is 9.44. The number of nitrogens with zero attached hydrogens (tertiary/aromatic N) is 3. The summed E-state index contributed by atoms with van der Waals surface area (Å²) in [5.41, 5.74) is 7.03. The van der Waals surface area contributed by atoms with Crippen molar-refractivity contribution in [3.8, 4) is 11.5 Å². The number of ether oxygens (including phenoxy) is 1. The molecule has 5 rings (SSSR count). The topological polar surface area (TPSA) is 63.7 Å². The van der Waals surface area contributed by atoms with Crippen molar-refractivity contribution >= 4 is 19.0 Å². The molecule has 0 bridgehead atoms.